The number of rotatable bonds is 13. The SMILES string of the molecule is C=CCC[C@H](NC(=O)[C@@H]1[C@@H]2[C@H](CN1C(=O)[C@@H](C)C1CCCCC1)C2(Cl)Cl)C(=O)C(=O)NCCC(=O)OC1(C)CCCC1. The molecule has 4 aliphatic rings. The fourth-order valence-corrected chi connectivity index (χ4v) is 7.94. The van der Waals surface area contributed by atoms with Gasteiger partial charge in [0.05, 0.1) is 12.5 Å². The van der Waals surface area contributed by atoms with Crippen LogP contribution >= 0.6 is 23.2 Å². The van der Waals surface area contributed by atoms with Crippen LogP contribution in [-0.4, -0.2) is 69.5 Å². The Kier molecular flexibility index (Phi) is 10.7. The van der Waals surface area contributed by atoms with Gasteiger partial charge in [-0.05, 0) is 64.2 Å². The topological polar surface area (TPSA) is 122 Å². The molecule has 0 aromatic rings. The molecule has 0 aromatic heterocycles. The molecule has 3 aliphatic carbocycles. The number of carbonyl (C=O) groups is 5. The maximum absolute atomic E-state index is 13.7. The second-order valence-corrected chi connectivity index (χ2v) is 14.3. The van der Waals surface area contributed by atoms with Gasteiger partial charge in [-0.25, -0.2) is 0 Å². The molecule has 9 nitrogen and oxygen atoms in total. The maximum atomic E-state index is 13.7. The molecule has 0 unspecified atom stereocenters. The van der Waals surface area contributed by atoms with Gasteiger partial charge in [0.15, 0.2) is 0 Å². The molecule has 0 aromatic carbocycles. The Labute approximate surface area is 258 Å². The van der Waals surface area contributed by atoms with Gasteiger partial charge in [-0.2, -0.15) is 0 Å². The van der Waals surface area contributed by atoms with E-state index in [-0.39, 0.29) is 49.6 Å². The highest BCUT2D eigenvalue weighted by molar-refractivity contribution is 6.51. The first kappa shape index (κ1) is 32.8. The summed E-state index contributed by atoms with van der Waals surface area (Å²) in [6, 6.07) is -2.05. The summed E-state index contributed by atoms with van der Waals surface area (Å²) in [7, 11) is 0. The molecule has 1 aliphatic heterocycles. The smallest absolute Gasteiger partial charge is 0.308 e. The Morgan fingerprint density at radius 3 is 2.38 bits per heavy atom. The van der Waals surface area contributed by atoms with E-state index in [0.717, 1.165) is 51.4 Å². The predicted octanol–water partition coefficient (Wildman–Crippen LogP) is 4.24. The van der Waals surface area contributed by atoms with Crippen molar-refractivity contribution in [1.82, 2.24) is 15.5 Å². The Bertz CT molecular complexity index is 1070. The van der Waals surface area contributed by atoms with E-state index >= 15 is 0 Å². The van der Waals surface area contributed by atoms with Gasteiger partial charge < -0.3 is 20.3 Å². The minimum absolute atomic E-state index is 0.0592. The first-order valence-corrected chi connectivity index (χ1v) is 16.3. The number of nitrogens with one attached hydrogen (secondary N) is 2. The molecular formula is C31H45Cl2N3O6. The van der Waals surface area contributed by atoms with Gasteiger partial charge in [-0.15, -0.1) is 29.8 Å². The van der Waals surface area contributed by atoms with Crippen LogP contribution in [0.1, 0.15) is 90.9 Å². The second-order valence-electron chi connectivity index (χ2n) is 12.9. The fourth-order valence-electron chi connectivity index (χ4n) is 7.12. The first-order valence-electron chi connectivity index (χ1n) is 15.5. The minimum atomic E-state index is -1.13. The summed E-state index contributed by atoms with van der Waals surface area (Å²) in [6.07, 6.45) is 11.1. The molecule has 3 saturated carbocycles. The quantitative estimate of drug-likeness (QED) is 0.137. The molecule has 0 spiro atoms. The molecule has 0 radical (unpaired) electrons. The van der Waals surface area contributed by atoms with Gasteiger partial charge in [-0.1, -0.05) is 32.3 Å². The molecule has 3 amide bonds. The van der Waals surface area contributed by atoms with E-state index in [1.807, 2.05) is 13.8 Å². The van der Waals surface area contributed by atoms with Gasteiger partial charge in [-0.3, -0.25) is 24.0 Å². The molecule has 5 atom stereocenters. The number of carbonyl (C=O) groups excluding carboxylic acids is 5. The number of hydrogen-bond acceptors (Lipinski definition) is 6. The van der Waals surface area contributed by atoms with E-state index in [0.29, 0.717) is 6.42 Å². The van der Waals surface area contributed by atoms with Crippen molar-refractivity contribution >= 4 is 52.7 Å². The fraction of sp³-hybridized carbons (Fsp3) is 0.774. The zero-order chi connectivity index (χ0) is 30.7. The van der Waals surface area contributed by atoms with E-state index in [9.17, 15) is 24.0 Å². The molecule has 42 heavy (non-hydrogen) atoms. The van der Waals surface area contributed by atoms with Crippen LogP contribution in [0.5, 0.6) is 0 Å². The average Bonchev–Trinajstić information content (AvgIpc) is 3.32. The third kappa shape index (κ3) is 7.32. The number of likely N-dealkylation sites (tertiary alicyclic amines) is 1. The number of ether oxygens (including phenoxy) is 1. The number of hydrogen-bond donors (Lipinski definition) is 2. The maximum Gasteiger partial charge on any atom is 0.308 e. The van der Waals surface area contributed by atoms with Crippen molar-refractivity contribution in [2.75, 3.05) is 13.1 Å². The number of piperidine rings is 1. The number of alkyl halides is 2. The van der Waals surface area contributed by atoms with Crippen molar-refractivity contribution in [2.24, 2.45) is 23.7 Å². The van der Waals surface area contributed by atoms with Crippen molar-refractivity contribution in [1.29, 1.82) is 0 Å². The Morgan fingerprint density at radius 1 is 1.07 bits per heavy atom. The number of amides is 3. The third-order valence-electron chi connectivity index (χ3n) is 9.78. The van der Waals surface area contributed by atoms with Crippen molar-refractivity contribution in [3.63, 3.8) is 0 Å². The summed E-state index contributed by atoms with van der Waals surface area (Å²) < 4.78 is 4.45. The van der Waals surface area contributed by atoms with Crippen molar-refractivity contribution in [3.05, 3.63) is 12.7 Å². The van der Waals surface area contributed by atoms with E-state index in [1.165, 1.54) is 6.42 Å². The molecule has 4 fully saturated rings. The number of Topliss-reactive ketones (excluding diaryl/α,β-unsaturated/α-hetero) is 1. The van der Waals surface area contributed by atoms with Crippen LogP contribution in [0, 0.1) is 23.7 Å². The molecule has 0 bridgehead atoms. The standard InChI is InChI=1S/C31H45Cl2N3O6/c1-4-5-13-22(26(38)28(40)34-17-14-23(37)42-30(3)15-9-10-16-30)35-27(39)25-24-21(31(24,32)33)18-36(25)29(41)19(2)20-11-7-6-8-12-20/h4,19-22,24-25H,1,5-18H2,2-3H3,(H,34,40)(H,35,39)/t19-,21-,22-,24-,25-/m0/s1. The van der Waals surface area contributed by atoms with Crippen molar-refractivity contribution in [3.8, 4) is 0 Å². The first-order chi connectivity index (χ1) is 19.9. The minimum Gasteiger partial charge on any atom is -0.459 e. The lowest BCUT2D eigenvalue weighted by molar-refractivity contribution is -0.157. The Hall–Kier alpha value is -2.13. The van der Waals surface area contributed by atoms with Gasteiger partial charge >= 0.3 is 5.97 Å². The summed E-state index contributed by atoms with van der Waals surface area (Å²) in [4.78, 5) is 67.1. The molecule has 2 N–H and O–H groups in total. The predicted molar refractivity (Wildman–Crippen MR) is 160 cm³/mol. The van der Waals surface area contributed by atoms with Crippen LogP contribution in [0.25, 0.3) is 0 Å². The normalized spacial score (nSPS) is 27.3. The van der Waals surface area contributed by atoms with Gasteiger partial charge in [0, 0.05) is 30.8 Å². The Morgan fingerprint density at radius 2 is 1.74 bits per heavy atom. The third-order valence-corrected chi connectivity index (χ3v) is 10.8. The van der Waals surface area contributed by atoms with E-state index in [4.69, 9.17) is 27.9 Å². The van der Waals surface area contributed by atoms with Gasteiger partial charge in [0.25, 0.3) is 5.91 Å². The van der Waals surface area contributed by atoms with Crippen molar-refractivity contribution in [2.45, 2.75) is 113 Å². The summed E-state index contributed by atoms with van der Waals surface area (Å²) in [5, 5.41) is 5.21. The number of fused-ring (bicyclic) bond motifs is 1. The lowest BCUT2D eigenvalue weighted by atomic mass is 9.80. The summed E-state index contributed by atoms with van der Waals surface area (Å²) in [5.41, 5.74) is -0.467. The largest absolute Gasteiger partial charge is 0.459 e. The average molecular weight is 627 g/mol. The summed E-state index contributed by atoms with van der Waals surface area (Å²) in [6.45, 7) is 7.74. The summed E-state index contributed by atoms with van der Waals surface area (Å²) in [5.74, 6) is -3.43. The highest BCUT2D eigenvalue weighted by Crippen LogP contribution is 2.65. The molecular weight excluding hydrogens is 581 g/mol. The number of halogens is 2. The van der Waals surface area contributed by atoms with E-state index < -0.39 is 51.5 Å². The number of ketones is 1. The molecule has 1 saturated heterocycles. The molecule has 4 rings (SSSR count). The highest BCUT2D eigenvalue weighted by atomic mass is 35.5. The number of nitrogens with zero attached hydrogens (tertiary/aromatic N) is 1. The molecule has 234 valence electrons. The number of allylic oxidation sites excluding steroid dienone is 1. The van der Waals surface area contributed by atoms with Crippen LogP contribution in [0.15, 0.2) is 12.7 Å². The van der Waals surface area contributed by atoms with Crippen LogP contribution < -0.4 is 10.6 Å². The Balaban J connectivity index is 1.36. The molecule has 1 heterocycles. The zero-order valence-electron chi connectivity index (χ0n) is 24.8. The lowest BCUT2D eigenvalue weighted by Gasteiger charge is -2.35. The molecule has 11 heteroatoms. The van der Waals surface area contributed by atoms with E-state index in [2.05, 4.69) is 17.2 Å². The van der Waals surface area contributed by atoms with Gasteiger partial charge in [0.2, 0.25) is 17.6 Å². The van der Waals surface area contributed by atoms with Crippen LogP contribution in [0.3, 0.4) is 0 Å². The van der Waals surface area contributed by atoms with Crippen molar-refractivity contribution < 1.29 is 28.7 Å². The monoisotopic (exact) mass is 625 g/mol. The van der Waals surface area contributed by atoms with Crippen LogP contribution in [0.4, 0.5) is 0 Å². The second kappa shape index (κ2) is 13.7. The van der Waals surface area contributed by atoms with Crippen LogP contribution in [0.2, 0.25) is 0 Å². The van der Waals surface area contributed by atoms with E-state index in [1.54, 1.807) is 11.0 Å². The van der Waals surface area contributed by atoms with Crippen LogP contribution in [-0.2, 0) is 28.7 Å². The highest BCUT2D eigenvalue weighted by Gasteiger charge is 2.74. The lowest BCUT2D eigenvalue weighted by Crippen LogP contribution is -2.56. The number of esters is 1. The summed E-state index contributed by atoms with van der Waals surface area (Å²) >= 11 is 13.0. The zero-order valence-corrected chi connectivity index (χ0v) is 26.3. The van der Waals surface area contributed by atoms with Gasteiger partial charge in [0.1, 0.15) is 16.0 Å².